The van der Waals surface area contributed by atoms with Gasteiger partial charge in [0.05, 0.1) is 12.0 Å². The highest BCUT2D eigenvalue weighted by Crippen LogP contribution is 2.23. The van der Waals surface area contributed by atoms with E-state index in [9.17, 15) is 9.90 Å². The van der Waals surface area contributed by atoms with Gasteiger partial charge in [0.1, 0.15) is 5.75 Å². The summed E-state index contributed by atoms with van der Waals surface area (Å²) in [4.78, 5) is 11.8. The van der Waals surface area contributed by atoms with E-state index in [1.54, 1.807) is 24.3 Å². The van der Waals surface area contributed by atoms with Crippen molar-refractivity contribution in [1.82, 2.24) is 10.2 Å². The molecule has 1 aromatic carbocycles. The molecule has 0 aliphatic heterocycles. The topological polar surface area (TPSA) is 101 Å². The first-order chi connectivity index (χ1) is 10.7. The molecule has 0 fully saturated rings. The van der Waals surface area contributed by atoms with E-state index in [1.165, 1.54) is 18.4 Å². The molecule has 0 radical (unpaired) electrons. The van der Waals surface area contributed by atoms with E-state index < -0.39 is 0 Å². The van der Waals surface area contributed by atoms with Crippen molar-refractivity contribution in [3.63, 3.8) is 0 Å². The summed E-state index contributed by atoms with van der Waals surface area (Å²) in [5.41, 5.74) is 0.521. The van der Waals surface area contributed by atoms with Crippen LogP contribution in [-0.4, -0.2) is 27.0 Å². The maximum absolute atomic E-state index is 11.8. The molecule has 0 aliphatic carbocycles. The van der Waals surface area contributed by atoms with Crippen LogP contribution in [0.1, 0.15) is 0 Å². The summed E-state index contributed by atoms with van der Waals surface area (Å²) in [6.07, 6.45) is 1.51. The number of carbonyl (C=O) groups is 1. The third-order valence-electron chi connectivity index (χ3n) is 2.60. The number of nitrogens with zero attached hydrogens (tertiary/aromatic N) is 2. The minimum Gasteiger partial charge on any atom is -0.508 e. The van der Waals surface area contributed by atoms with Gasteiger partial charge in [0.2, 0.25) is 5.91 Å². The van der Waals surface area contributed by atoms with Crippen LogP contribution in [0, 0.1) is 0 Å². The highest BCUT2D eigenvalue weighted by Gasteiger charge is 2.13. The van der Waals surface area contributed by atoms with Crippen LogP contribution < -0.4 is 5.32 Å². The van der Waals surface area contributed by atoms with Crippen LogP contribution in [0.4, 0.5) is 5.69 Å². The second kappa shape index (κ2) is 6.35. The summed E-state index contributed by atoms with van der Waals surface area (Å²) in [6, 6.07) is 9.74. The zero-order chi connectivity index (χ0) is 15.4. The summed E-state index contributed by atoms with van der Waals surface area (Å²) in [5, 5.41) is 19.9. The Bertz CT molecular complexity index is 770. The van der Waals surface area contributed by atoms with E-state index in [2.05, 4.69) is 15.5 Å². The van der Waals surface area contributed by atoms with Crippen molar-refractivity contribution in [3.05, 3.63) is 42.7 Å². The zero-order valence-corrected chi connectivity index (χ0v) is 12.0. The third kappa shape index (κ3) is 3.47. The van der Waals surface area contributed by atoms with Gasteiger partial charge in [-0.1, -0.05) is 17.8 Å². The summed E-state index contributed by atoms with van der Waals surface area (Å²) in [5.74, 6) is 0.693. The number of aromatic hydroxyl groups is 1. The van der Waals surface area contributed by atoms with Gasteiger partial charge in [-0.2, -0.15) is 0 Å². The molecule has 0 saturated carbocycles. The van der Waals surface area contributed by atoms with E-state index in [1.807, 2.05) is 0 Å². The van der Waals surface area contributed by atoms with Gasteiger partial charge < -0.3 is 19.3 Å². The van der Waals surface area contributed by atoms with Gasteiger partial charge in [0, 0.05) is 11.8 Å². The second-order valence-corrected chi connectivity index (χ2v) is 5.16. The number of benzene rings is 1. The minimum atomic E-state index is -0.242. The number of phenols is 1. The van der Waals surface area contributed by atoms with Gasteiger partial charge in [0.25, 0.3) is 11.1 Å². The molecule has 3 rings (SSSR count). The van der Waals surface area contributed by atoms with Crippen LogP contribution in [0.25, 0.3) is 11.7 Å². The number of hydrogen-bond acceptors (Lipinski definition) is 7. The molecule has 2 heterocycles. The van der Waals surface area contributed by atoms with Gasteiger partial charge >= 0.3 is 0 Å². The van der Waals surface area contributed by atoms with Crippen LogP contribution in [0.2, 0.25) is 0 Å². The first kappa shape index (κ1) is 14.2. The molecule has 1 amide bonds. The SMILES string of the molecule is O=C(CSc1nnc(-c2ccco2)o1)Nc1cccc(O)c1. The molecule has 7 nitrogen and oxygen atoms in total. The number of hydrogen-bond donors (Lipinski definition) is 2. The van der Waals surface area contributed by atoms with Crippen molar-refractivity contribution >= 4 is 23.4 Å². The van der Waals surface area contributed by atoms with Crippen LogP contribution in [-0.2, 0) is 4.79 Å². The Morgan fingerprint density at radius 2 is 2.18 bits per heavy atom. The predicted octanol–water partition coefficient (Wildman–Crippen LogP) is 2.77. The molecule has 0 spiro atoms. The number of anilines is 1. The molecule has 0 bridgehead atoms. The summed E-state index contributed by atoms with van der Waals surface area (Å²) < 4.78 is 10.5. The maximum Gasteiger partial charge on any atom is 0.284 e. The Labute approximate surface area is 129 Å². The Balaban J connectivity index is 1.55. The van der Waals surface area contributed by atoms with Crippen LogP contribution in [0.3, 0.4) is 0 Å². The Kier molecular flexibility index (Phi) is 4.10. The fourth-order valence-electron chi connectivity index (χ4n) is 1.68. The minimum absolute atomic E-state index is 0.0884. The lowest BCUT2D eigenvalue weighted by atomic mass is 10.3. The van der Waals surface area contributed by atoms with Crippen molar-refractivity contribution in [1.29, 1.82) is 0 Å². The fraction of sp³-hybridized carbons (Fsp3) is 0.0714. The molecule has 2 aromatic heterocycles. The molecule has 0 unspecified atom stereocenters. The van der Waals surface area contributed by atoms with Gasteiger partial charge in [-0.05, 0) is 24.3 Å². The Hall–Kier alpha value is -2.74. The molecule has 3 aromatic rings. The molecule has 2 N–H and O–H groups in total. The van der Waals surface area contributed by atoms with Crippen molar-refractivity contribution in [2.75, 3.05) is 11.1 Å². The average Bonchev–Trinajstić information content (AvgIpc) is 3.16. The van der Waals surface area contributed by atoms with E-state index in [-0.39, 0.29) is 28.5 Å². The number of aromatic nitrogens is 2. The number of rotatable bonds is 5. The summed E-state index contributed by atoms with van der Waals surface area (Å²) in [7, 11) is 0. The Morgan fingerprint density at radius 1 is 1.27 bits per heavy atom. The monoisotopic (exact) mass is 317 g/mol. The molecular formula is C14H11N3O4S. The summed E-state index contributed by atoms with van der Waals surface area (Å²) in [6.45, 7) is 0. The molecule has 0 saturated heterocycles. The molecule has 22 heavy (non-hydrogen) atoms. The average molecular weight is 317 g/mol. The molecule has 8 heteroatoms. The van der Waals surface area contributed by atoms with Gasteiger partial charge in [-0.15, -0.1) is 10.2 Å². The fourth-order valence-corrected chi connectivity index (χ4v) is 2.24. The summed E-state index contributed by atoms with van der Waals surface area (Å²) >= 11 is 1.11. The molecule has 0 atom stereocenters. The highest BCUT2D eigenvalue weighted by molar-refractivity contribution is 7.99. The number of amides is 1. The van der Waals surface area contributed by atoms with Crippen LogP contribution >= 0.6 is 11.8 Å². The number of thioether (sulfide) groups is 1. The largest absolute Gasteiger partial charge is 0.508 e. The van der Waals surface area contributed by atoms with E-state index in [0.29, 0.717) is 11.4 Å². The zero-order valence-electron chi connectivity index (χ0n) is 11.2. The molecular weight excluding hydrogens is 306 g/mol. The quantitative estimate of drug-likeness (QED) is 0.698. The lowest BCUT2D eigenvalue weighted by molar-refractivity contribution is -0.113. The second-order valence-electron chi connectivity index (χ2n) is 4.24. The lowest BCUT2D eigenvalue weighted by Crippen LogP contribution is -2.13. The van der Waals surface area contributed by atoms with Crippen molar-refractivity contribution in [2.45, 2.75) is 5.22 Å². The highest BCUT2D eigenvalue weighted by atomic mass is 32.2. The van der Waals surface area contributed by atoms with Crippen molar-refractivity contribution in [2.24, 2.45) is 0 Å². The standard InChI is InChI=1S/C14H11N3O4S/c18-10-4-1-3-9(7-10)15-12(19)8-22-14-17-16-13(21-14)11-5-2-6-20-11/h1-7,18H,8H2,(H,15,19). The smallest absolute Gasteiger partial charge is 0.284 e. The number of carbonyl (C=O) groups excluding carboxylic acids is 1. The first-order valence-corrected chi connectivity index (χ1v) is 7.28. The van der Waals surface area contributed by atoms with Crippen LogP contribution in [0.15, 0.2) is 56.7 Å². The van der Waals surface area contributed by atoms with Gasteiger partial charge in [0.15, 0.2) is 5.76 Å². The number of nitrogens with one attached hydrogen (secondary N) is 1. The number of phenolic OH excluding ortho intramolecular Hbond substituents is 1. The third-order valence-corrected chi connectivity index (χ3v) is 3.41. The van der Waals surface area contributed by atoms with E-state index in [4.69, 9.17) is 8.83 Å². The van der Waals surface area contributed by atoms with Gasteiger partial charge in [-0.3, -0.25) is 4.79 Å². The predicted molar refractivity (Wildman–Crippen MR) is 79.5 cm³/mol. The van der Waals surface area contributed by atoms with Crippen molar-refractivity contribution < 1.29 is 18.7 Å². The lowest BCUT2D eigenvalue weighted by Gasteiger charge is -2.03. The Morgan fingerprint density at radius 3 is 2.95 bits per heavy atom. The first-order valence-electron chi connectivity index (χ1n) is 6.30. The molecule has 0 aliphatic rings. The van der Waals surface area contributed by atoms with E-state index >= 15 is 0 Å². The van der Waals surface area contributed by atoms with Crippen molar-refractivity contribution in [3.8, 4) is 17.4 Å². The van der Waals surface area contributed by atoms with Crippen LogP contribution in [0.5, 0.6) is 5.75 Å². The number of furan rings is 1. The molecule has 112 valence electrons. The normalized spacial score (nSPS) is 10.5. The van der Waals surface area contributed by atoms with E-state index in [0.717, 1.165) is 11.8 Å². The maximum atomic E-state index is 11.8. The van der Waals surface area contributed by atoms with Gasteiger partial charge in [-0.25, -0.2) is 0 Å².